The molecule has 0 radical (unpaired) electrons. The molecule has 0 unspecified atom stereocenters. The van der Waals surface area contributed by atoms with Crippen LogP contribution in [0, 0.1) is 20.8 Å². The highest BCUT2D eigenvalue weighted by Crippen LogP contribution is 2.34. The van der Waals surface area contributed by atoms with Crippen LogP contribution in [0.25, 0.3) is 21.5 Å². The van der Waals surface area contributed by atoms with Gasteiger partial charge >= 0.3 is 5.97 Å². The van der Waals surface area contributed by atoms with Gasteiger partial charge in [-0.2, -0.15) is 0 Å². The SMILES string of the molecule is CCOC(=O)c1c(C)c2ccc(C)cc2c2cc(C)ccc12. The minimum Gasteiger partial charge on any atom is -0.462 e. The second kappa shape index (κ2) is 5.45. The zero-order chi connectivity index (χ0) is 15.9. The van der Waals surface area contributed by atoms with E-state index in [0.29, 0.717) is 12.2 Å². The first-order valence-electron chi connectivity index (χ1n) is 7.63. The molecular formula is C20H20O2. The van der Waals surface area contributed by atoms with Crippen LogP contribution in [0.3, 0.4) is 0 Å². The third-order valence-electron chi connectivity index (χ3n) is 4.17. The quantitative estimate of drug-likeness (QED) is 0.485. The Labute approximate surface area is 130 Å². The van der Waals surface area contributed by atoms with Gasteiger partial charge in [-0.15, -0.1) is 0 Å². The maximum atomic E-state index is 12.5. The van der Waals surface area contributed by atoms with Crippen LogP contribution in [0.1, 0.15) is 34.0 Å². The molecule has 0 saturated carbocycles. The van der Waals surface area contributed by atoms with Crippen molar-refractivity contribution < 1.29 is 9.53 Å². The molecule has 0 amide bonds. The lowest BCUT2D eigenvalue weighted by atomic mass is 9.90. The fourth-order valence-corrected chi connectivity index (χ4v) is 3.11. The second-order valence-electron chi connectivity index (χ2n) is 5.82. The molecule has 3 aromatic rings. The Hall–Kier alpha value is -2.35. The van der Waals surface area contributed by atoms with Crippen molar-refractivity contribution in [2.75, 3.05) is 6.61 Å². The van der Waals surface area contributed by atoms with Crippen LogP contribution < -0.4 is 0 Å². The van der Waals surface area contributed by atoms with E-state index in [-0.39, 0.29) is 5.97 Å². The topological polar surface area (TPSA) is 26.3 Å². The van der Waals surface area contributed by atoms with E-state index >= 15 is 0 Å². The molecule has 0 aliphatic carbocycles. The average Bonchev–Trinajstić information content (AvgIpc) is 2.48. The molecule has 2 heteroatoms. The van der Waals surface area contributed by atoms with E-state index in [1.54, 1.807) is 0 Å². The van der Waals surface area contributed by atoms with Gasteiger partial charge in [-0.3, -0.25) is 0 Å². The van der Waals surface area contributed by atoms with Crippen LogP contribution in [-0.2, 0) is 4.74 Å². The molecule has 0 aromatic heterocycles. The predicted octanol–water partition coefficient (Wildman–Crippen LogP) is 5.09. The number of aryl methyl sites for hydroxylation is 3. The van der Waals surface area contributed by atoms with Gasteiger partial charge < -0.3 is 4.74 Å². The Bertz CT molecular complexity index is 891. The van der Waals surface area contributed by atoms with Crippen molar-refractivity contribution in [1.29, 1.82) is 0 Å². The number of rotatable bonds is 2. The van der Waals surface area contributed by atoms with Gasteiger partial charge in [-0.1, -0.05) is 47.5 Å². The number of hydrogen-bond acceptors (Lipinski definition) is 2. The zero-order valence-corrected chi connectivity index (χ0v) is 13.5. The minimum atomic E-state index is -0.240. The third-order valence-corrected chi connectivity index (χ3v) is 4.17. The lowest BCUT2D eigenvalue weighted by molar-refractivity contribution is 0.0528. The summed E-state index contributed by atoms with van der Waals surface area (Å²) in [6.45, 7) is 8.39. The van der Waals surface area contributed by atoms with Gasteiger partial charge in [-0.05, 0) is 54.8 Å². The maximum absolute atomic E-state index is 12.5. The number of esters is 1. The highest BCUT2D eigenvalue weighted by molar-refractivity contribution is 6.18. The Morgan fingerprint density at radius 2 is 1.41 bits per heavy atom. The molecule has 0 saturated heterocycles. The summed E-state index contributed by atoms with van der Waals surface area (Å²) in [5.74, 6) is -0.240. The number of benzene rings is 3. The first-order valence-corrected chi connectivity index (χ1v) is 7.63. The highest BCUT2D eigenvalue weighted by Gasteiger charge is 2.18. The van der Waals surface area contributed by atoms with Crippen LogP contribution in [0.15, 0.2) is 36.4 Å². The van der Waals surface area contributed by atoms with Crippen molar-refractivity contribution in [1.82, 2.24) is 0 Å². The van der Waals surface area contributed by atoms with E-state index in [1.807, 2.05) is 26.0 Å². The number of carbonyl (C=O) groups is 1. The molecule has 3 aromatic carbocycles. The molecule has 0 fully saturated rings. The lowest BCUT2D eigenvalue weighted by Crippen LogP contribution is -2.08. The number of ether oxygens (including phenoxy) is 1. The van der Waals surface area contributed by atoms with Crippen molar-refractivity contribution in [3.8, 4) is 0 Å². The molecule has 0 aliphatic heterocycles. The fourth-order valence-electron chi connectivity index (χ4n) is 3.11. The molecule has 22 heavy (non-hydrogen) atoms. The van der Waals surface area contributed by atoms with E-state index in [4.69, 9.17) is 4.74 Å². The summed E-state index contributed by atoms with van der Waals surface area (Å²) in [4.78, 5) is 12.5. The molecule has 112 valence electrons. The highest BCUT2D eigenvalue weighted by atomic mass is 16.5. The third kappa shape index (κ3) is 2.25. The molecule has 0 atom stereocenters. The summed E-state index contributed by atoms with van der Waals surface area (Å²) < 4.78 is 5.28. The largest absolute Gasteiger partial charge is 0.462 e. The van der Waals surface area contributed by atoms with E-state index in [9.17, 15) is 4.79 Å². The van der Waals surface area contributed by atoms with Crippen LogP contribution >= 0.6 is 0 Å². The molecule has 3 rings (SSSR count). The summed E-state index contributed by atoms with van der Waals surface area (Å²) in [7, 11) is 0. The molecule has 0 aliphatic rings. The van der Waals surface area contributed by atoms with Crippen molar-refractivity contribution in [2.45, 2.75) is 27.7 Å². The molecule has 0 bridgehead atoms. The summed E-state index contributed by atoms with van der Waals surface area (Å²) >= 11 is 0. The lowest BCUT2D eigenvalue weighted by Gasteiger charge is -2.15. The van der Waals surface area contributed by atoms with Gasteiger partial charge in [0.15, 0.2) is 0 Å². The zero-order valence-electron chi connectivity index (χ0n) is 13.5. The smallest absolute Gasteiger partial charge is 0.339 e. The standard InChI is InChI=1S/C20H20O2/c1-5-22-20(21)19-14(4)15-8-6-12(2)10-17(15)18-11-13(3)7-9-16(18)19/h6-11H,5H2,1-4H3. The predicted molar refractivity (Wildman–Crippen MR) is 91.6 cm³/mol. The van der Waals surface area contributed by atoms with Crippen LogP contribution in [-0.4, -0.2) is 12.6 Å². The van der Waals surface area contributed by atoms with Crippen molar-refractivity contribution >= 4 is 27.5 Å². The van der Waals surface area contributed by atoms with E-state index in [0.717, 1.165) is 21.7 Å². The summed E-state index contributed by atoms with van der Waals surface area (Å²) in [6.07, 6.45) is 0. The molecule has 0 spiro atoms. The van der Waals surface area contributed by atoms with Gasteiger partial charge in [0.25, 0.3) is 0 Å². The monoisotopic (exact) mass is 292 g/mol. The van der Waals surface area contributed by atoms with Crippen LogP contribution in [0.5, 0.6) is 0 Å². The van der Waals surface area contributed by atoms with Gasteiger partial charge in [0, 0.05) is 0 Å². The normalized spacial score (nSPS) is 11.1. The average molecular weight is 292 g/mol. The van der Waals surface area contributed by atoms with Crippen LogP contribution in [0.2, 0.25) is 0 Å². The van der Waals surface area contributed by atoms with E-state index in [2.05, 4.69) is 38.1 Å². The minimum absolute atomic E-state index is 0.240. The second-order valence-corrected chi connectivity index (χ2v) is 5.82. The van der Waals surface area contributed by atoms with E-state index in [1.165, 1.54) is 16.5 Å². The van der Waals surface area contributed by atoms with Gasteiger partial charge in [0.2, 0.25) is 0 Å². The summed E-state index contributed by atoms with van der Waals surface area (Å²) in [5, 5.41) is 4.41. The molecule has 0 N–H and O–H groups in total. The van der Waals surface area contributed by atoms with Crippen molar-refractivity contribution in [3.05, 3.63) is 58.7 Å². The Balaban J connectivity index is 2.51. The Morgan fingerprint density at radius 3 is 2.00 bits per heavy atom. The van der Waals surface area contributed by atoms with Gasteiger partial charge in [0.1, 0.15) is 0 Å². The van der Waals surface area contributed by atoms with Crippen molar-refractivity contribution in [3.63, 3.8) is 0 Å². The first-order chi connectivity index (χ1) is 10.5. The molecular weight excluding hydrogens is 272 g/mol. The van der Waals surface area contributed by atoms with Crippen molar-refractivity contribution in [2.24, 2.45) is 0 Å². The Morgan fingerprint density at radius 1 is 0.864 bits per heavy atom. The molecule has 0 heterocycles. The number of fused-ring (bicyclic) bond motifs is 3. The molecule has 2 nitrogen and oxygen atoms in total. The fraction of sp³-hybridized carbons (Fsp3) is 0.250. The summed E-state index contributed by atoms with van der Waals surface area (Å²) in [5.41, 5.74) is 4.09. The van der Waals surface area contributed by atoms with Gasteiger partial charge in [-0.25, -0.2) is 4.79 Å². The maximum Gasteiger partial charge on any atom is 0.339 e. The van der Waals surface area contributed by atoms with Gasteiger partial charge in [0.05, 0.1) is 12.2 Å². The van der Waals surface area contributed by atoms with Crippen LogP contribution in [0.4, 0.5) is 0 Å². The summed E-state index contributed by atoms with van der Waals surface area (Å²) in [6, 6.07) is 12.6. The Kier molecular flexibility index (Phi) is 3.61. The number of hydrogen-bond donors (Lipinski definition) is 0. The number of carbonyl (C=O) groups excluding carboxylic acids is 1. The van der Waals surface area contributed by atoms with E-state index < -0.39 is 0 Å². The first kappa shape index (κ1) is 14.6.